The van der Waals surface area contributed by atoms with Crippen LogP contribution in [-0.4, -0.2) is 96.7 Å². The lowest BCUT2D eigenvalue weighted by Crippen LogP contribution is -2.30. The lowest BCUT2D eigenvalue weighted by Gasteiger charge is -2.21. The predicted molar refractivity (Wildman–Crippen MR) is 303 cm³/mol. The third-order valence-electron chi connectivity index (χ3n) is 13.6. The molecule has 0 saturated heterocycles. The van der Waals surface area contributed by atoms with E-state index < -0.39 is 97.5 Å². The molecule has 0 bridgehead atoms. The molecule has 3 unspecified atom stereocenters. The van der Waals surface area contributed by atoms with Gasteiger partial charge in [0.25, 0.3) is 0 Å². The maximum absolute atomic E-state index is 12.9. The normalized spacial score (nSPS) is 14.8. The van der Waals surface area contributed by atoms with E-state index in [4.69, 9.17) is 37.0 Å². The largest absolute Gasteiger partial charge is 0.472 e. The van der Waals surface area contributed by atoms with Crippen LogP contribution >= 0.6 is 15.6 Å². The van der Waals surface area contributed by atoms with Gasteiger partial charge in [-0.25, -0.2) is 9.13 Å². The number of carbonyl (C=O) groups excluding carboxylic acids is 4. The van der Waals surface area contributed by atoms with Crippen molar-refractivity contribution < 1.29 is 80.2 Å². The molecule has 0 aliphatic heterocycles. The number of phosphoric acid groups is 2. The SMILES string of the molecule is CCCCCCCCCCCCCCCC(=O)O[C@H](COC(=O)CCCCCCCCC(C)CC)COP(=O)(O)OC[C@@H](O)COP(=O)(O)OC[C@@H](COC(=O)CCCCCCC)OC(=O)CCCCCCCCC(C)C. The molecule has 456 valence electrons. The third-order valence-corrected chi connectivity index (χ3v) is 15.5. The average Bonchev–Trinajstić information content (AvgIpc) is 3.39. The summed E-state index contributed by atoms with van der Waals surface area (Å²) in [5, 5.41) is 10.5. The van der Waals surface area contributed by atoms with E-state index in [1.165, 1.54) is 83.5 Å². The van der Waals surface area contributed by atoms with E-state index in [0.29, 0.717) is 31.6 Å². The Bertz CT molecular complexity index is 1530. The molecule has 0 aliphatic carbocycles. The lowest BCUT2D eigenvalue weighted by molar-refractivity contribution is -0.161. The van der Waals surface area contributed by atoms with Crippen molar-refractivity contribution in [3.63, 3.8) is 0 Å². The summed E-state index contributed by atoms with van der Waals surface area (Å²) in [6, 6.07) is 0. The van der Waals surface area contributed by atoms with E-state index in [0.717, 1.165) is 109 Å². The summed E-state index contributed by atoms with van der Waals surface area (Å²) in [6.07, 6.45) is 31.2. The summed E-state index contributed by atoms with van der Waals surface area (Å²) >= 11 is 0. The quantitative estimate of drug-likeness (QED) is 0.0222. The van der Waals surface area contributed by atoms with Crippen LogP contribution in [0, 0.1) is 11.8 Å². The van der Waals surface area contributed by atoms with Crippen LogP contribution in [-0.2, 0) is 65.4 Å². The van der Waals surface area contributed by atoms with E-state index in [2.05, 4.69) is 41.5 Å². The highest BCUT2D eigenvalue weighted by Gasteiger charge is 2.30. The Kier molecular flexibility index (Phi) is 49.7. The zero-order valence-corrected chi connectivity index (χ0v) is 51.0. The first-order valence-corrected chi connectivity index (χ1v) is 33.5. The maximum Gasteiger partial charge on any atom is 0.472 e. The van der Waals surface area contributed by atoms with Crippen molar-refractivity contribution in [1.29, 1.82) is 0 Å². The summed E-state index contributed by atoms with van der Waals surface area (Å²) in [5.74, 6) is -0.756. The molecule has 19 heteroatoms. The van der Waals surface area contributed by atoms with Gasteiger partial charge in [0.05, 0.1) is 26.4 Å². The van der Waals surface area contributed by atoms with Gasteiger partial charge >= 0.3 is 39.5 Å². The second-order valence-corrected chi connectivity index (χ2v) is 24.7. The Morgan fingerprint density at radius 1 is 0.377 bits per heavy atom. The lowest BCUT2D eigenvalue weighted by atomic mass is 10.00. The van der Waals surface area contributed by atoms with Crippen molar-refractivity contribution in [3.05, 3.63) is 0 Å². The highest BCUT2D eigenvalue weighted by atomic mass is 31.2. The third kappa shape index (κ3) is 51.9. The molecular weight excluding hydrogens is 1030 g/mol. The highest BCUT2D eigenvalue weighted by Crippen LogP contribution is 2.45. The molecule has 0 aromatic carbocycles. The first-order valence-electron chi connectivity index (χ1n) is 30.5. The molecule has 17 nitrogen and oxygen atoms in total. The maximum atomic E-state index is 12.9. The summed E-state index contributed by atoms with van der Waals surface area (Å²) in [4.78, 5) is 71.6. The topological polar surface area (TPSA) is 237 Å². The van der Waals surface area contributed by atoms with Crippen LogP contribution in [0.1, 0.15) is 279 Å². The summed E-state index contributed by atoms with van der Waals surface area (Å²) in [7, 11) is -9.87. The van der Waals surface area contributed by atoms with E-state index in [-0.39, 0.29) is 25.7 Å². The molecule has 0 radical (unpaired) electrons. The van der Waals surface area contributed by atoms with E-state index >= 15 is 0 Å². The monoisotopic (exact) mass is 1140 g/mol. The van der Waals surface area contributed by atoms with Gasteiger partial charge in [0.15, 0.2) is 12.2 Å². The van der Waals surface area contributed by atoms with Crippen molar-refractivity contribution >= 4 is 39.5 Å². The van der Waals surface area contributed by atoms with Crippen molar-refractivity contribution in [2.75, 3.05) is 39.6 Å². The zero-order chi connectivity index (χ0) is 57.3. The van der Waals surface area contributed by atoms with Crippen LogP contribution in [0.4, 0.5) is 0 Å². The number of rotatable bonds is 57. The van der Waals surface area contributed by atoms with Crippen LogP contribution in [0.25, 0.3) is 0 Å². The van der Waals surface area contributed by atoms with Gasteiger partial charge in [0, 0.05) is 25.7 Å². The summed E-state index contributed by atoms with van der Waals surface area (Å²) in [6.45, 7) is 9.22. The molecule has 0 saturated carbocycles. The van der Waals surface area contributed by atoms with E-state index in [9.17, 15) is 43.2 Å². The van der Waals surface area contributed by atoms with Crippen molar-refractivity contribution in [2.24, 2.45) is 11.8 Å². The fraction of sp³-hybridized carbons (Fsp3) is 0.931. The summed E-state index contributed by atoms with van der Waals surface area (Å²) < 4.78 is 67.5. The van der Waals surface area contributed by atoms with Crippen LogP contribution < -0.4 is 0 Å². The van der Waals surface area contributed by atoms with Gasteiger partial charge < -0.3 is 33.8 Å². The fourth-order valence-electron chi connectivity index (χ4n) is 8.44. The van der Waals surface area contributed by atoms with Crippen molar-refractivity contribution in [3.8, 4) is 0 Å². The Labute approximate surface area is 467 Å². The van der Waals surface area contributed by atoms with Gasteiger partial charge in [-0.05, 0) is 37.5 Å². The molecule has 0 rings (SSSR count). The van der Waals surface area contributed by atoms with Gasteiger partial charge in [0.1, 0.15) is 19.3 Å². The van der Waals surface area contributed by atoms with Gasteiger partial charge in [0.2, 0.25) is 0 Å². The molecule has 0 aromatic heterocycles. The minimum absolute atomic E-state index is 0.101. The molecule has 3 N–H and O–H groups in total. The Hall–Kier alpha value is -1.94. The molecule has 0 amide bonds. The number of carbonyl (C=O) groups is 4. The molecule has 0 spiro atoms. The Balaban J connectivity index is 5.19. The fourth-order valence-corrected chi connectivity index (χ4v) is 10.0. The van der Waals surface area contributed by atoms with Gasteiger partial charge in [-0.2, -0.15) is 0 Å². The number of hydrogen-bond donors (Lipinski definition) is 3. The van der Waals surface area contributed by atoms with E-state index in [1.54, 1.807) is 0 Å². The molecule has 0 heterocycles. The number of hydrogen-bond acceptors (Lipinski definition) is 15. The standard InChI is InChI=1S/C58H112O17P2/c1-7-10-12-14-15-16-17-18-19-20-21-30-36-42-57(62)74-54(47-69-56(61)41-35-29-25-23-28-33-39-51(6)9-3)49-73-77(66,67)71-45-52(59)44-70-76(64,65)72-48-53(46-68-55(60)40-34-26-13-11-8-2)75-58(63)43-37-31-24-22-27-32-38-50(4)5/h50-54,59H,7-49H2,1-6H3,(H,64,65)(H,66,67)/t51?,52-,53+,54+/m0/s1. The predicted octanol–water partition coefficient (Wildman–Crippen LogP) is 15.3. The number of phosphoric ester groups is 2. The van der Waals surface area contributed by atoms with Crippen molar-refractivity contribution in [2.45, 2.75) is 297 Å². The smallest absolute Gasteiger partial charge is 0.462 e. The molecule has 0 fully saturated rings. The first-order chi connectivity index (χ1) is 36.9. The number of unbranched alkanes of at least 4 members (excludes halogenated alkanes) is 26. The Morgan fingerprint density at radius 3 is 0.987 bits per heavy atom. The minimum atomic E-state index is -4.94. The Morgan fingerprint density at radius 2 is 0.662 bits per heavy atom. The minimum Gasteiger partial charge on any atom is -0.462 e. The van der Waals surface area contributed by atoms with Crippen molar-refractivity contribution in [1.82, 2.24) is 0 Å². The second kappa shape index (κ2) is 51.0. The van der Waals surface area contributed by atoms with Gasteiger partial charge in [-0.15, -0.1) is 0 Å². The van der Waals surface area contributed by atoms with Gasteiger partial charge in [-0.1, -0.05) is 228 Å². The van der Waals surface area contributed by atoms with Crippen LogP contribution in [0.5, 0.6) is 0 Å². The molecule has 77 heavy (non-hydrogen) atoms. The van der Waals surface area contributed by atoms with Crippen LogP contribution in [0.3, 0.4) is 0 Å². The van der Waals surface area contributed by atoms with Crippen LogP contribution in [0.2, 0.25) is 0 Å². The molecule has 6 atom stereocenters. The molecular formula is C58H112O17P2. The average molecular weight is 1140 g/mol. The van der Waals surface area contributed by atoms with Gasteiger partial charge in [-0.3, -0.25) is 37.3 Å². The summed E-state index contributed by atoms with van der Waals surface area (Å²) in [5.41, 5.74) is 0. The highest BCUT2D eigenvalue weighted by molar-refractivity contribution is 7.47. The number of aliphatic hydroxyl groups excluding tert-OH is 1. The number of esters is 4. The van der Waals surface area contributed by atoms with E-state index in [1.807, 2.05) is 0 Å². The number of aliphatic hydroxyl groups is 1. The number of ether oxygens (including phenoxy) is 4. The zero-order valence-electron chi connectivity index (χ0n) is 49.2. The molecule has 0 aromatic rings. The first kappa shape index (κ1) is 75.1. The second-order valence-electron chi connectivity index (χ2n) is 21.7. The van der Waals surface area contributed by atoms with Crippen LogP contribution in [0.15, 0.2) is 0 Å². The molecule has 0 aliphatic rings.